The first-order valence-electron chi connectivity index (χ1n) is 5.69. The summed E-state index contributed by atoms with van der Waals surface area (Å²) in [5.41, 5.74) is -0.389. The van der Waals surface area contributed by atoms with Gasteiger partial charge in [0.05, 0.1) is 5.60 Å². The summed E-state index contributed by atoms with van der Waals surface area (Å²) in [6.45, 7) is 8.81. The van der Waals surface area contributed by atoms with Crippen LogP contribution in [-0.2, 0) is 0 Å². The van der Waals surface area contributed by atoms with Crippen LogP contribution in [0.4, 0.5) is 0 Å². The van der Waals surface area contributed by atoms with Crippen LogP contribution in [0.1, 0.15) is 53.4 Å². The van der Waals surface area contributed by atoms with Crippen LogP contribution >= 0.6 is 0 Å². The van der Waals surface area contributed by atoms with Crippen LogP contribution in [0.2, 0.25) is 0 Å². The van der Waals surface area contributed by atoms with Crippen molar-refractivity contribution >= 4 is 0 Å². The lowest BCUT2D eigenvalue weighted by molar-refractivity contribution is -0.0535. The van der Waals surface area contributed by atoms with Crippen LogP contribution in [-0.4, -0.2) is 10.7 Å². The standard InChI is InChI=1S/C12H24O/c1-5-11-8-10(9(2)3)6-7-12(11,4)13/h9-11,13H,5-8H2,1-4H3. The van der Waals surface area contributed by atoms with Gasteiger partial charge in [-0.05, 0) is 43.9 Å². The summed E-state index contributed by atoms with van der Waals surface area (Å²) in [5, 5.41) is 10.1. The van der Waals surface area contributed by atoms with Crippen molar-refractivity contribution in [3.05, 3.63) is 0 Å². The van der Waals surface area contributed by atoms with Crippen molar-refractivity contribution in [2.75, 3.05) is 0 Å². The highest BCUT2D eigenvalue weighted by Crippen LogP contribution is 2.41. The summed E-state index contributed by atoms with van der Waals surface area (Å²) in [5.74, 6) is 2.14. The molecule has 3 unspecified atom stereocenters. The van der Waals surface area contributed by atoms with E-state index in [1.54, 1.807) is 0 Å². The lowest BCUT2D eigenvalue weighted by Gasteiger charge is -2.41. The topological polar surface area (TPSA) is 20.2 Å². The van der Waals surface area contributed by atoms with Gasteiger partial charge in [0.25, 0.3) is 0 Å². The Morgan fingerprint density at radius 1 is 1.46 bits per heavy atom. The molecule has 0 aromatic rings. The molecule has 0 aliphatic heterocycles. The Labute approximate surface area is 82.5 Å². The molecule has 1 saturated carbocycles. The predicted octanol–water partition coefficient (Wildman–Crippen LogP) is 3.22. The fourth-order valence-corrected chi connectivity index (χ4v) is 2.63. The number of rotatable bonds is 2. The normalized spacial score (nSPS) is 41.1. The van der Waals surface area contributed by atoms with Crippen molar-refractivity contribution in [1.82, 2.24) is 0 Å². The summed E-state index contributed by atoms with van der Waals surface area (Å²) in [6.07, 6.45) is 4.55. The van der Waals surface area contributed by atoms with Gasteiger partial charge in [0.1, 0.15) is 0 Å². The van der Waals surface area contributed by atoms with Crippen LogP contribution < -0.4 is 0 Å². The van der Waals surface area contributed by atoms with E-state index in [0.29, 0.717) is 5.92 Å². The Bertz CT molecular complexity index is 161. The van der Waals surface area contributed by atoms with Crippen molar-refractivity contribution in [3.8, 4) is 0 Å². The Hall–Kier alpha value is -0.0400. The molecule has 0 aromatic carbocycles. The first-order valence-corrected chi connectivity index (χ1v) is 5.69. The van der Waals surface area contributed by atoms with Gasteiger partial charge in [0, 0.05) is 0 Å². The van der Waals surface area contributed by atoms with Gasteiger partial charge in [-0.1, -0.05) is 27.2 Å². The highest BCUT2D eigenvalue weighted by Gasteiger charge is 2.37. The second-order valence-corrected chi connectivity index (χ2v) is 5.24. The van der Waals surface area contributed by atoms with E-state index in [2.05, 4.69) is 20.8 Å². The number of aliphatic hydroxyl groups is 1. The third-order valence-electron chi connectivity index (χ3n) is 3.92. The molecular weight excluding hydrogens is 160 g/mol. The molecule has 0 bridgehead atoms. The van der Waals surface area contributed by atoms with E-state index < -0.39 is 0 Å². The number of hydrogen-bond donors (Lipinski definition) is 1. The van der Waals surface area contributed by atoms with Gasteiger partial charge in [0.2, 0.25) is 0 Å². The Balaban J connectivity index is 2.58. The fourth-order valence-electron chi connectivity index (χ4n) is 2.63. The van der Waals surface area contributed by atoms with Crippen LogP contribution in [0, 0.1) is 17.8 Å². The summed E-state index contributed by atoms with van der Waals surface area (Å²) in [6, 6.07) is 0. The van der Waals surface area contributed by atoms with E-state index in [1.165, 1.54) is 12.8 Å². The maximum Gasteiger partial charge on any atom is 0.0647 e. The van der Waals surface area contributed by atoms with Gasteiger partial charge in [-0.25, -0.2) is 0 Å². The summed E-state index contributed by atoms with van der Waals surface area (Å²) < 4.78 is 0. The summed E-state index contributed by atoms with van der Waals surface area (Å²) in [7, 11) is 0. The number of hydrogen-bond acceptors (Lipinski definition) is 1. The Morgan fingerprint density at radius 2 is 2.08 bits per heavy atom. The van der Waals surface area contributed by atoms with E-state index >= 15 is 0 Å². The minimum absolute atomic E-state index is 0.389. The van der Waals surface area contributed by atoms with E-state index in [-0.39, 0.29) is 5.60 Å². The maximum atomic E-state index is 10.1. The molecule has 0 saturated heterocycles. The second-order valence-electron chi connectivity index (χ2n) is 5.24. The van der Waals surface area contributed by atoms with Gasteiger partial charge in [0.15, 0.2) is 0 Å². The van der Waals surface area contributed by atoms with E-state index in [9.17, 15) is 5.11 Å². The molecule has 0 radical (unpaired) electrons. The minimum atomic E-state index is -0.389. The summed E-state index contributed by atoms with van der Waals surface area (Å²) >= 11 is 0. The molecule has 1 nitrogen and oxygen atoms in total. The lowest BCUT2D eigenvalue weighted by Crippen LogP contribution is -2.40. The van der Waals surface area contributed by atoms with Gasteiger partial charge in [-0.3, -0.25) is 0 Å². The molecular formula is C12H24O. The van der Waals surface area contributed by atoms with E-state index in [0.717, 1.165) is 24.7 Å². The van der Waals surface area contributed by atoms with Gasteiger partial charge in [-0.15, -0.1) is 0 Å². The molecule has 13 heavy (non-hydrogen) atoms. The third-order valence-corrected chi connectivity index (χ3v) is 3.92. The molecule has 1 N–H and O–H groups in total. The predicted molar refractivity (Wildman–Crippen MR) is 56.6 cm³/mol. The molecule has 1 heteroatoms. The molecule has 1 aliphatic carbocycles. The van der Waals surface area contributed by atoms with Gasteiger partial charge >= 0.3 is 0 Å². The van der Waals surface area contributed by atoms with Crippen molar-refractivity contribution < 1.29 is 5.11 Å². The molecule has 3 atom stereocenters. The molecule has 0 heterocycles. The van der Waals surface area contributed by atoms with Crippen molar-refractivity contribution in [2.24, 2.45) is 17.8 Å². The second kappa shape index (κ2) is 4.00. The average Bonchev–Trinajstić information content (AvgIpc) is 2.03. The fraction of sp³-hybridized carbons (Fsp3) is 1.00. The van der Waals surface area contributed by atoms with E-state index in [1.807, 2.05) is 6.92 Å². The summed E-state index contributed by atoms with van der Waals surface area (Å²) in [4.78, 5) is 0. The van der Waals surface area contributed by atoms with Crippen LogP contribution in [0.15, 0.2) is 0 Å². The molecule has 0 amide bonds. The zero-order chi connectivity index (χ0) is 10.1. The quantitative estimate of drug-likeness (QED) is 0.698. The highest BCUT2D eigenvalue weighted by molar-refractivity contribution is 4.89. The minimum Gasteiger partial charge on any atom is -0.390 e. The Kier molecular flexibility index (Phi) is 3.39. The molecule has 1 rings (SSSR count). The molecule has 1 aliphatic rings. The molecule has 1 fully saturated rings. The largest absolute Gasteiger partial charge is 0.390 e. The molecule has 78 valence electrons. The molecule has 0 aromatic heterocycles. The Morgan fingerprint density at radius 3 is 2.54 bits per heavy atom. The van der Waals surface area contributed by atoms with Crippen LogP contribution in [0.5, 0.6) is 0 Å². The van der Waals surface area contributed by atoms with Gasteiger partial charge in [-0.2, -0.15) is 0 Å². The molecule has 0 spiro atoms. The van der Waals surface area contributed by atoms with Crippen molar-refractivity contribution in [3.63, 3.8) is 0 Å². The average molecular weight is 184 g/mol. The SMILES string of the molecule is CCC1CC(C(C)C)CCC1(C)O. The van der Waals surface area contributed by atoms with Crippen molar-refractivity contribution in [1.29, 1.82) is 0 Å². The first-order chi connectivity index (χ1) is 5.97. The zero-order valence-electron chi connectivity index (χ0n) is 9.51. The monoisotopic (exact) mass is 184 g/mol. The zero-order valence-corrected chi connectivity index (χ0v) is 9.51. The van der Waals surface area contributed by atoms with Crippen molar-refractivity contribution in [2.45, 2.75) is 59.0 Å². The highest BCUT2D eigenvalue weighted by atomic mass is 16.3. The van der Waals surface area contributed by atoms with Gasteiger partial charge < -0.3 is 5.11 Å². The maximum absolute atomic E-state index is 10.1. The van der Waals surface area contributed by atoms with E-state index in [4.69, 9.17) is 0 Å². The lowest BCUT2D eigenvalue weighted by atomic mass is 9.68. The third kappa shape index (κ3) is 2.46. The first kappa shape index (κ1) is 11.0. The van der Waals surface area contributed by atoms with Crippen LogP contribution in [0.3, 0.4) is 0 Å². The van der Waals surface area contributed by atoms with Crippen LogP contribution in [0.25, 0.3) is 0 Å². The smallest absolute Gasteiger partial charge is 0.0647 e.